The van der Waals surface area contributed by atoms with Gasteiger partial charge in [0, 0.05) is 11.5 Å². The lowest BCUT2D eigenvalue weighted by Gasteiger charge is -2.32. The van der Waals surface area contributed by atoms with Crippen LogP contribution < -0.4 is 0 Å². The molecule has 3 fully saturated rings. The Morgan fingerprint density at radius 2 is 2.05 bits per heavy atom. The molecule has 100 valence electrons. The molecule has 3 aliphatic rings. The second-order valence-corrected chi connectivity index (χ2v) is 6.28. The van der Waals surface area contributed by atoms with Gasteiger partial charge in [-0.2, -0.15) is 0 Å². The zero-order valence-electron chi connectivity index (χ0n) is 11.2. The molecule has 2 aliphatic heterocycles. The molecule has 1 aromatic carbocycles. The van der Waals surface area contributed by atoms with Crippen LogP contribution in [0.4, 0.5) is 0 Å². The Balaban J connectivity index is 1.74. The van der Waals surface area contributed by atoms with Crippen LogP contribution in [0.1, 0.15) is 38.0 Å². The van der Waals surface area contributed by atoms with Gasteiger partial charge in [0.1, 0.15) is 0 Å². The van der Waals surface area contributed by atoms with Crippen LogP contribution in [0, 0.1) is 11.8 Å². The van der Waals surface area contributed by atoms with Crippen LogP contribution >= 0.6 is 0 Å². The maximum atomic E-state index is 12.7. The number of amides is 1. The highest BCUT2D eigenvalue weighted by atomic mass is 16.5. The van der Waals surface area contributed by atoms with Crippen molar-refractivity contribution in [2.75, 3.05) is 6.61 Å². The molecule has 3 heteroatoms. The molecule has 0 bridgehead atoms. The van der Waals surface area contributed by atoms with Crippen LogP contribution in [0.15, 0.2) is 30.3 Å². The van der Waals surface area contributed by atoms with Gasteiger partial charge in [-0.15, -0.1) is 0 Å². The van der Waals surface area contributed by atoms with Gasteiger partial charge >= 0.3 is 0 Å². The van der Waals surface area contributed by atoms with Crippen LogP contribution in [-0.2, 0) is 9.53 Å². The fraction of sp³-hybridized carbons (Fsp3) is 0.562. The van der Waals surface area contributed by atoms with Crippen molar-refractivity contribution in [2.24, 2.45) is 11.8 Å². The molecule has 1 aliphatic carbocycles. The molecule has 4 rings (SSSR count). The van der Waals surface area contributed by atoms with E-state index in [4.69, 9.17) is 4.74 Å². The van der Waals surface area contributed by atoms with Gasteiger partial charge in [-0.1, -0.05) is 36.8 Å². The fourth-order valence-corrected chi connectivity index (χ4v) is 4.35. The lowest BCUT2D eigenvalue weighted by molar-refractivity contribution is -0.138. The van der Waals surface area contributed by atoms with E-state index in [1.54, 1.807) is 0 Å². The van der Waals surface area contributed by atoms with E-state index in [-0.39, 0.29) is 17.7 Å². The third-order valence-electron chi connectivity index (χ3n) is 5.27. The number of hydrogen-bond acceptors (Lipinski definition) is 2. The molecule has 4 atom stereocenters. The summed E-state index contributed by atoms with van der Waals surface area (Å²) < 4.78 is 5.99. The van der Waals surface area contributed by atoms with Gasteiger partial charge in [0.2, 0.25) is 5.91 Å². The first-order valence-electron chi connectivity index (χ1n) is 7.21. The smallest absolute Gasteiger partial charge is 0.228 e. The molecule has 1 unspecified atom stereocenters. The van der Waals surface area contributed by atoms with E-state index in [9.17, 15) is 4.79 Å². The topological polar surface area (TPSA) is 29.5 Å². The van der Waals surface area contributed by atoms with Crippen molar-refractivity contribution in [3.63, 3.8) is 0 Å². The normalized spacial score (nSPS) is 40.6. The zero-order chi connectivity index (χ0) is 13.0. The van der Waals surface area contributed by atoms with E-state index in [0.29, 0.717) is 18.4 Å². The predicted molar refractivity (Wildman–Crippen MR) is 71.2 cm³/mol. The number of carbonyl (C=O) groups excluding carboxylic acids is 1. The fourth-order valence-electron chi connectivity index (χ4n) is 4.35. The van der Waals surface area contributed by atoms with E-state index in [1.165, 1.54) is 12.8 Å². The number of carbonyl (C=O) groups is 1. The molecule has 0 aromatic heterocycles. The molecular weight excluding hydrogens is 238 g/mol. The van der Waals surface area contributed by atoms with Crippen LogP contribution in [0.25, 0.3) is 0 Å². The summed E-state index contributed by atoms with van der Waals surface area (Å²) in [5.74, 6) is 1.06. The second-order valence-electron chi connectivity index (χ2n) is 6.28. The van der Waals surface area contributed by atoms with E-state index in [2.05, 4.69) is 19.1 Å². The van der Waals surface area contributed by atoms with Crippen molar-refractivity contribution in [3.05, 3.63) is 35.9 Å². The Labute approximate surface area is 113 Å². The lowest BCUT2D eigenvalue weighted by Crippen LogP contribution is -2.44. The number of hydrogen-bond donors (Lipinski definition) is 0. The molecule has 3 nitrogen and oxygen atoms in total. The quantitative estimate of drug-likeness (QED) is 0.774. The van der Waals surface area contributed by atoms with Crippen LogP contribution in [0.5, 0.6) is 0 Å². The van der Waals surface area contributed by atoms with E-state index < -0.39 is 0 Å². The third-order valence-corrected chi connectivity index (χ3v) is 5.27. The molecule has 2 saturated heterocycles. The average Bonchev–Trinajstić information content (AvgIpc) is 3.07. The van der Waals surface area contributed by atoms with Gasteiger partial charge in [-0.25, -0.2) is 0 Å². The molecule has 0 spiro atoms. The van der Waals surface area contributed by atoms with Crippen molar-refractivity contribution in [3.8, 4) is 0 Å². The summed E-state index contributed by atoms with van der Waals surface area (Å²) in [5, 5.41) is 0. The van der Waals surface area contributed by atoms with Crippen molar-refractivity contribution in [1.29, 1.82) is 0 Å². The highest BCUT2D eigenvalue weighted by Gasteiger charge is 2.62. The van der Waals surface area contributed by atoms with Crippen LogP contribution in [0.3, 0.4) is 0 Å². The van der Waals surface area contributed by atoms with Gasteiger partial charge in [-0.05, 0) is 25.7 Å². The monoisotopic (exact) mass is 257 g/mol. The molecule has 1 amide bonds. The summed E-state index contributed by atoms with van der Waals surface area (Å²) in [6.45, 7) is 2.89. The maximum absolute atomic E-state index is 12.7. The van der Waals surface area contributed by atoms with Gasteiger partial charge in [0.25, 0.3) is 0 Å². The van der Waals surface area contributed by atoms with Crippen molar-refractivity contribution in [1.82, 2.24) is 4.90 Å². The zero-order valence-corrected chi connectivity index (χ0v) is 11.2. The molecule has 19 heavy (non-hydrogen) atoms. The van der Waals surface area contributed by atoms with Gasteiger partial charge < -0.3 is 9.64 Å². The van der Waals surface area contributed by atoms with Gasteiger partial charge in [0.15, 0.2) is 6.23 Å². The maximum Gasteiger partial charge on any atom is 0.228 e. The Kier molecular flexibility index (Phi) is 2.31. The highest BCUT2D eigenvalue weighted by Crippen LogP contribution is 2.55. The summed E-state index contributed by atoms with van der Waals surface area (Å²) in [6, 6.07) is 10.1. The Bertz CT molecular complexity index is 515. The lowest BCUT2D eigenvalue weighted by atomic mass is 9.84. The first-order valence-corrected chi connectivity index (χ1v) is 7.21. The molecule has 0 N–H and O–H groups in total. The largest absolute Gasteiger partial charge is 0.351 e. The predicted octanol–water partition coefficient (Wildman–Crippen LogP) is 2.73. The summed E-state index contributed by atoms with van der Waals surface area (Å²) in [4.78, 5) is 14.7. The Hall–Kier alpha value is -1.35. The third kappa shape index (κ3) is 1.39. The number of benzene rings is 1. The van der Waals surface area contributed by atoms with E-state index in [1.807, 2.05) is 23.1 Å². The Morgan fingerprint density at radius 3 is 2.84 bits per heavy atom. The van der Waals surface area contributed by atoms with Crippen LogP contribution in [-0.4, -0.2) is 23.0 Å². The van der Waals surface area contributed by atoms with Crippen molar-refractivity contribution < 1.29 is 9.53 Å². The highest BCUT2D eigenvalue weighted by molar-refractivity contribution is 5.84. The number of rotatable bonds is 1. The Morgan fingerprint density at radius 1 is 1.26 bits per heavy atom. The van der Waals surface area contributed by atoms with Crippen molar-refractivity contribution >= 4 is 5.91 Å². The molecule has 2 heterocycles. The summed E-state index contributed by atoms with van der Waals surface area (Å²) >= 11 is 0. The number of ether oxygens (including phenoxy) is 1. The molecular formula is C16H19NO2. The van der Waals surface area contributed by atoms with E-state index >= 15 is 0 Å². The van der Waals surface area contributed by atoms with Gasteiger partial charge in [-0.3, -0.25) is 4.79 Å². The number of nitrogens with zero attached hydrogens (tertiary/aromatic N) is 1. The van der Waals surface area contributed by atoms with Crippen LogP contribution in [0.2, 0.25) is 0 Å². The summed E-state index contributed by atoms with van der Waals surface area (Å²) in [7, 11) is 0. The van der Waals surface area contributed by atoms with Gasteiger partial charge in [0.05, 0.1) is 12.1 Å². The minimum absolute atomic E-state index is 0.0846. The SMILES string of the molecule is C[C@@]12CO[C@@H](c3ccccc3)N1C(=O)[C@@H]1CCCC12. The molecule has 1 aromatic rings. The second kappa shape index (κ2) is 3.83. The number of fused-ring (bicyclic) bond motifs is 3. The van der Waals surface area contributed by atoms with E-state index in [0.717, 1.165) is 12.0 Å². The molecule has 1 saturated carbocycles. The summed E-state index contributed by atoms with van der Waals surface area (Å²) in [5.41, 5.74) is 1.01. The molecule has 0 radical (unpaired) electrons. The standard InChI is InChI=1S/C16H19NO2/c1-16-10-19-15(11-6-3-2-4-7-11)17(16)14(18)12-8-5-9-13(12)16/h2-4,6-7,12-13,15H,5,8-10H2,1H3/t12-,13?,15+,16+/m1/s1. The first-order chi connectivity index (χ1) is 9.22. The minimum atomic E-state index is -0.177. The first kappa shape index (κ1) is 11.5. The van der Waals surface area contributed by atoms with Crippen molar-refractivity contribution in [2.45, 2.75) is 38.0 Å². The average molecular weight is 257 g/mol. The minimum Gasteiger partial charge on any atom is -0.351 e. The summed E-state index contributed by atoms with van der Waals surface area (Å²) in [6.07, 6.45) is 3.26.